The monoisotopic (exact) mass is 353 g/mol. The van der Waals surface area contributed by atoms with Crippen LogP contribution in [0.3, 0.4) is 0 Å². The lowest BCUT2D eigenvalue weighted by Gasteiger charge is -2.40. The molecule has 0 radical (unpaired) electrons. The van der Waals surface area contributed by atoms with E-state index in [1.165, 1.54) is 6.42 Å². The van der Waals surface area contributed by atoms with Crippen molar-refractivity contribution in [2.24, 2.45) is 0 Å². The maximum absolute atomic E-state index is 13.6. The first-order chi connectivity index (χ1) is 12.2. The number of anilines is 2. The number of rotatable bonds is 2. The van der Waals surface area contributed by atoms with E-state index in [9.17, 15) is 4.79 Å². The van der Waals surface area contributed by atoms with E-state index in [2.05, 4.69) is 9.88 Å². The molecule has 3 heterocycles. The van der Waals surface area contributed by atoms with E-state index in [0.717, 1.165) is 49.4 Å². The number of amides is 1. The van der Waals surface area contributed by atoms with Crippen molar-refractivity contribution in [2.75, 3.05) is 22.9 Å². The number of aromatic nitrogens is 1. The van der Waals surface area contributed by atoms with E-state index in [1.807, 2.05) is 47.5 Å². The second-order valence-corrected chi connectivity index (χ2v) is 7.78. The molecule has 5 rings (SSSR count). The van der Waals surface area contributed by atoms with Crippen LogP contribution in [0.5, 0.6) is 0 Å². The number of carbonyl (C=O) groups excluding carboxylic acids is 1. The molecule has 1 saturated carbocycles. The quantitative estimate of drug-likeness (QED) is 0.824. The van der Waals surface area contributed by atoms with Gasteiger partial charge in [0.1, 0.15) is 0 Å². The molecule has 2 aromatic rings. The molecule has 1 aromatic carbocycles. The third kappa shape index (κ3) is 2.27. The van der Waals surface area contributed by atoms with E-state index < -0.39 is 0 Å². The number of pyridine rings is 1. The summed E-state index contributed by atoms with van der Waals surface area (Å²) in [5.41, 5.74) is 1.67. The van der Waals surface area contributed by atoms with Crippen LogP contribution in [0.4, 0.5) is 11.5 Å². The normalized spacial score (nSPS) is 23.2. The molecule has 2 aliphatic heterocycles. The van der Waals surface area contributed by atoms with Crippen molar-refractivity contribution in [1.82, 2.24) is 4.98 Å². The van der Waals surface area contributed by atoms with E-state index in [-0.39, 0.29) is 11.3 Å². The van der Waals surface area contributed by atoms with Crippen molar-refractivity contribution in [3.63, 3.8) is 0 Å². The Morgan fingerprint density at radius 3 is 2.76 bits per heavy atom. The Labute approximate surface area is 152 Å². The minimum Gasteiger partial charge on any atom is -0.350 e. The number of carbonyl (C=O) groups is 1. The van der Waals surface area contributed by atoms with Crippen LogP contribution in [0.1, 0.15) is 31.2 Å². The Hall–Kier alpha value is -2.07. The second-order valence-electron chi connectivity index (χ2n) is 7.34. The van der Waals surface area contributed by atoms with Gasteiger partial charge in [-0.3, -0.25) is 4.79 Å². The third-order valence-corrected chi connectivity index (χ3v) is 6.15. The molecule has 0 bridgehead atoms. The number of nitrogens with zero attached hydrogens (tertiary/aromatic N) is 3. The van der Waals surface area contributed by atoms with Crippen LogP contribution < -0.4 is 9.80 Å². The summed E-state index contributed by atoms with van der Waals surface area (Å²) in [6.45, 7) is 1.81. The van der Waals surface area contributed by atoms with Crippen LogP contribution in [0, 0.1) is 0 Å². The fourth-order valence-corrected chi connectivity index (χ4v) is 4.53. The molecule has 1 aliphatic carbocycles. The summed E-state index contributed by atoms with van der Waals surface area (Å²) in [6, 6.07) is 12.1. The topological polar surface area (TPSA) is 36.4 Å². The van der Waals surface area contributed by atoms with Crippen LogP contribution >= 0.6 is 11.6 Å². The summed E-state index contributed by atoms with van der Waals surface area (Å²) in [7, 11) is 0. The summed E-state index contributed by atoms with van der Waals surface area (Å²) in [5, 5.41) is 0.709. The number of fused-ring (bicyclic) bond motifs is 3. The number of hydrogen-bond acceptors (Lipinski definition) is 3. The summed E-state index contributed by atoms with van der Waals surface area (Å²) >= 11 is 6.03. The molecule has 1 atom stereocenters. The van der Waals surface area contributed by atoms with E-state index >= 15 is 0 Å². The fraction of sp³-hybridized carbons (Fsp3) is 0.400. The van der Waals surface area contributed by atoms with Crippen molar-refractivity contribution in [3.05, 3.63) is 53.2 Å². The average molecular weight is 354 g/mol. The van der Waals surface area contributed by atoms with Crippen molar-refractivity contribution in [1.29, 1.82) is 0 Å². The first-order valence-electron chi connectivity index (χ1n) is 8.99. The van der Waals surface area contributed by atoms with Crippen LogP contribution in [0.25, 0.3) is 0 Å². The molecule has 128 valence electrons. The van der Waals surface area contributed by atoms with Gasteiger partial charge in [0.2, 0.25) is 5.91 Å². The van der Waals surface area contributed by atoms with Gasteiger partial charge in [0.25, 0.3) is 0 Å². The second kappa shape index (κ2) is 5.46. The zero-order valence-electron chi connectivity index (χ0n) is 14.0. The van der Waals surface area contributed by atoms with Crippen LogP contribution in [-0.2, 0) is 10.2 Å². The van der Waals surface area contributed by atoms with Crippen LogP contribution in [-0.4, -0.2) is 30.0 Å². The maximum Gasteiger partial charge on any atom is 0.237 e. The average Bonchev–Trinajstić information content (AvgIpc) is 3.31. The molecular formula is C20H20ClN3O. The van der Waals surface area contributed by atoms with E-state index in [4.69, 9.17) is 11.6 Å². The van der Waals surface area contributed by atoms with Crippen molar-refractivity contribution >= 4 is 29.0 Å². The Kier molecular flexibility index (Phi) is 3.32. The maximum atomic E-state index is 13.6. The van der Waals surface area contributed by atoms with Gasteiger partial charge >= 0.3 is 0 Å². The van der Waals surface area contributed by atoms with Gasteiger partial charge in [-0.05, 0) is 55.5 Å². The highest BCUT2D eigenvalue weighted by molar-refractivity contribution is 6.30. The van der Waals surface area contributed by atoms with Crippen molar-refractivity contribution < 1.29 is 4.79 Å². The fourth-order valence-electron chi connectivity index (χ4n) is 4.40. The van der Waals surface area contributed by atoms with E-state index in [1.54, 1.807) is 0 Å². The third-order valence-electron chi connectivity index (χ3n) is 5.90. The van der Waals surface area contributed by atoms with Crippen LogP contribution in [0.15, 0.2) is 42.6 Å². The molecule has 1 saturated heterocycles. The first-order valence-corrected chi connectivity index (χ1v) is 9.36. The zero-order valence-corrected chi connectivity index (χ0v) is 14.7. The van der Waals surface area contributed by atoms with Gasteiger partial charge < -0.3 is 9.80 Å². The summed E-state index contributed by atoms with van der Waals surface area (Å²) < 4.78 is 0. The number of halogens is 1. The molecule has 3 aliphatic rings. The Morgan fingerprint density at radius 2 is 2.00 bits per heavy atom. The standard InChI is InChI=1S/C20H20ClN3O/c21-15-7-5-14(6-8-15)20(9-10-20)19(25)24-13-16-3-2-12-23(16)18-17(24)4-1-11-22-18/h1,4-8,11,16H,2-3,9-10,12-13H2/t16-/m1/s1. The first kappa shape index (κ1) is 15.2. The molecule has 1 aromatic heterocycles. The Bertz CT molecular complexity index is 831. The molecule has 4 nitrogen and oxygen atoms in total. The minimum atomic E-state index is -0.377. The lowest BCUT2D eigenvalue weighted by molar-refractivity contribution is -0.121. The SMILES string of the molecule is O=C(N1C[C@H]2CCCN2c2ncccc21)C1(c2ccc(Cl)cc2)CC1. The lowest BCUT2D eigenvalue weighted by Crippen LogP contribution is -2.51. The van der Waals surface area contributed by atoms with E-state index in [0.29, 0.717) is 11.1 Å². The summed E-state index contributed by atoms with van der Waals surface area (Å²) in [4.78, 5) is 22.5. The van der Waals surface area contributed by atoms with Gasteiger partial charge in [0, 0.05) is 30.4 Å². The Morgan fingerprint density at radius 1 is 1.20 bits per heavy atom. The molecule has 25 heavy (non-hydrogen) atoms. The Balaban J connectivity index is 1.54. The molecular weight excluding hydrogens is 334 g/mol. The van der Waals surface area contributed by atoms with Gasteiger partial charge in [-0.15, -0.1) is 0 Å². The summed E-state index contributed by atoms with van der Waals surface area (Å²) in [6.07, 6.45) is 5.95. The van der Waals surface area contributed by atoms with Crippen molar-refractivity contribution in [2.45, 2.75) is 37.1 Å². The molecule has 2 fully saturated rings. The minimum absolute atomic E-state index is 0.218. The predicted molar refractivity (Wildman–Crippen MR) is 99.3 cm³/mol. The molecule has 1 amide bonds. The predicted octanol–water partition coefficient (Wildman–Crippen LogP) is 3.78. The highest BCUT2D eigenvalue weighted by Crippen LogP contribution is 2.51. The smallest absolute Gasteiger partial charge is 0.237 e. The zero-order chi connectivity index (χ0) is 17.0. The van der Waals surface area contributed by atoms with Gasteiger partial charge in [0.15, 0.2) is 5.82 Å². The highest BCUT2D eigenvalue weighted by Gasteiger charge is 2.54. The molecule has 5 heteroatoms. The van der Waals surface area contributed by atoms with Gasteiger partial charge in [-0.2, -0.15) is 0 Å². The van der Waals surface area contributed by atoms with Crippen molar-refractivity contribution in [3.8, 4) is 0 Å². The van der Waals surface area contributed by atoms with Crippen LogP contribution in [0.2, 0.25) is 5.02 Å². The van der Waals surface area contributed by atoms with Gasteiger partial charge in [0.05, 0.1) is 11.1 Å². The number of hydrogen-bond donors (Lipinski definition) is 0. The number of benzene rings is 1. The largest absolute Gasteiger partial charge is 0.350 e. The van der Waals surface area contributed by atoms with Gasteiger partial charge in [-0.1, -0.05) is 23.7 Å². The highest BCUT2D eigenvalue weighted by atomic mass is 35.5. The summed E-state index contributed by atoms with van der Waals surface area (Å²) in [5.74, 6) is 1.19. The molecule has 0 spiro atoms. The lowest BCUT2D eigenvalue weighted by atomic mass is 9.93. The molecule has 0 unspecified atom stereocenters. The molecule has 0 N–H and O–H groups in total. The van der Waals surface area contributed by atoms with Gasteiger partial charge in [-0.25, -0.2) is 4.98 Å².